The predicted octanol–water partition coefficient (Wildman–Crippen LogP) is 6.25. The fraction of sp³-hybridized carbons (Fsp3) is 0.812. The number of carbonyl (C=O) groups is 1. The van der Waals surface area contributed by atoms with Crippen LogP contribution < -0.4 is 5.73 Å². The van der Waals surface area contributed by atoms with Crippen LogP contribution in [0.5, 0.6) is 0 Å². The zero-order valence-corrected chi connectivity index (χ0v) is 24.6. The molecule has 6 rings (SSSR count). The van der Waals surface area contributed by atoms with Gasteiger partial charge in [0.2, 0.25) is 0 Å². The maximum Gasteiger partial charge on any atom is 0.310 e. The number of anilines is 1. The lowest BCUT2D eigenvalue weighted by Crippen LogP contribution is -2.65. The summed E-state index contributed by atoms with van der Waals surface area (Å²) in [7, 11) is 0. The van der Waals surface area contributed by atoms with Gasteiger partial charge in [0.15, 0.2) is 0 Å². The van der Waals surface area contributed by atoms with E-state index in [0.717, 1.165) is 69.1 Å². The van der Waals surface area contributed by atoms with E-state index in [4.69, 9.17) is 10.8 Å². The minimum absolute atomic E-state index is 0.00636. The van der Waals surface area contributed by atoms with Gasteiger partial charge in [0.1, 0.15) is 5.82 Å². The molecule has 5 aliphatic carbocycles. The Morgan fingerprint density at radius 3 is 2.37 bits per heavy atom. The average molecular weight is 524 g/mol. The minimum Gasteiger partial charge on any atom is -0.481 e. The van der Waals surface area contributed by atoms with E-state index < -0.39 is 11.4 Å². The molecular weight excluding hydrogens is 474 g/mol. The van der Waals surface area contributed by atoms with Gasteiger partial charge in [-0.1, -0.05) is 54.0 Å². The molecule has 0 amide bonds. The van der Waals surface area contributed by atoms with Gasteiger partial charge in [-0.2, -0.15) is 5.10 Å². The Balaban J connectivity index is 1.53. The van der Waals surface area contributed by atoms with Crippen LogP contribution in [-0.4, -0.2) is 33.0 Å². The first-order chi connectivity index (χ1) is 17.6. The minimum atomic E-state index is -0.692. The summed E-state index contributed by atoms with van der Waals surface area (Å²) >= 11 is 0. The van der Waals surface area contributed by atoms with E-state index in [2.05, 4.69) is 53.6 Å². The van der Waals surface area contributed by atoms with E-state index in [1.165, 1.54) is 11.1 Å². The van der Waals surface area contributed by atoms with E-state index in [1.807, 2.05) is 0 Å². The number of hydrogen-bond acceptors (Lipinski definition) is 4. The monoisotopic (exact) mass is 523 g/mol. The van der Waals surface area contributed by atoms with Gasteiger partial charge in [0.25, 0.3) is 0 Å². The molecule has 6 nitrogen and oxygen atoms in total. The van der Waals surface area contributed by atoms with Gasteiger partial charge in [-0.15, -0.1) is 0 Å². The highest BCUT2D eigenvalue weighted by molar-refractivity contribution is 5.77. The van der Waals surface area contributed by atoms with Crippen LogP contribution in [0.4, 0.5) is 5.82 Å². The van der Waals surface area contributed by atoms with Crippen molar-refractivity contribution in [2.24, 2.45) is 44.8 Å². The van der Waals surface area contributed by atoms with Crippen LogP contribution in [0, 0.1) is 44.8 Å². The fourth-order valence-corrected chi connectivity index (χ4v) is 11.5. The van der Waals surface area contributed by atoms with Gasteiger partial charge in [-0.05, 0) is 103 Å². The van der Waals surface area contributed by atoms with Gasteiger partial charge in [-0.25, -0.2) is 0 Å². The highest BCUT2D eigenvalue weighted by Crippen LogP contribution is 2.76. The third-order valence-corrected chi connectivity index (χ3v) is 13.6. The zero-order chi connectivity index (χ0) is 27.7. The number of carboxylic acid groups (broad SMARTS) is 1. The third kappa shape index (κ3) is 2.99. The number of nitrogens with zero attached hydrogens (tertiary/aromatic N) is 1. The number of H-pyrrole nitrogens is 1. The Kier molecular flexibility index (Phi) is 5.33. The summed E-state index contributed by atoms with van der Waals surface area (Å²) in [5.74, 6) is 0.953. The molecule has 1 aromatic rings. The molecule has 38 heavy (non-hydrogen) atoms. The molecule has 6 heteroatoms. The first-order valence-electron chi connectivity index (χ1n) is 15.0. The van der Waals surface area contributed by atoms with Crippen molar-refractivity contribution in [1.82, 2.24) is 10.2 Å². The van der Waals surface area contributed by atoms with Gasteiger partial charge in [0.05, 0.1) is 17.7 Å². The Labute approximate surface area is 228 Å². The lowest BCUT2D eigenvalue weighted by molar-refractivity contribution is -0.178. The van der Waals surface area contributed by atoms with Crippen LogP contribution in [0.25, 0.3) is 0 Å². The maximum absolute atomic E-state index is 13.0. The molecule has 3 saturated carbocycles. The number of aliphatic hydroxyl groups excluding tert-OH is 1. The zero-order valence-electron chi connectivity index (χ0n) is 24.6. The number of aliphatic carboxylic acids is 1. The van der Waals surface area contributed by atoms with E-state index in [1.54, 1.807) is 0 Å². The molecule has 5 N–H and O–H groups in total. The normalized spacial score (nSPS) is 44.8. The molecule has 1 aromatic heterocycles. The van der Waals surface area contributed by atoms with Gasteiger partial charge >= 0.3 is 5.97 Å². The highest BCUT2D eigenvalue weighted by atomic mass is 16.4. The number of fused-ring (bicyclic) bond motifs is 8. The van der Waals surface area contributed by atoms with Gasteiger partial charge in [-0.3, -0.25) is 9.89 Å². The van der Waals surface area contributed by atoms with Crippen LogP contribution in [0.2, 0.25) is 0 Å². The first kappa shape index (κ1) is 26.4. The third-order valence-electron chi connectivity index (χ3n) is 13.6. The molecule has 1 heterocycles. The van der Waals surface area contributed by atoms with E-state index in [-0.39, 0.29) is 39.6 Å². The molecule has 0 bridgehead atoms. The number of nitrogens with one attached hydrogen (secondary N) is 1. The number of rotatable bonds is 2. The Morgan fingerprint density at radius 2 is 1.71 bits per heavy atom. The smallest absolute Gasteiger partial charge is 0.310 e. The van der Waals surface area contributed by atoms with Crippen molar-refractivity contribution in [1.29, 1.82) is 0 Å². The molecule has 1 unspecified atom stereocenters. The van der Waals surface area contributed by atoms with Gasteiger partial charge in [0, 0.05) is 11.0 Å². The first-order valence-corrected chi connectivity index (χ1v) is 15.0. The highest BCUT2D eigenvalue weighted by Gasteiger charge is 2.70. The fourth-order valence-electron chi connectivity index (χ4n) is 11.5. The number of aromatic amines is 1. The Bertz CT molecular complexity index is 1230. The lowest BCUT2D eigenvalue weighted by Gasteiger charge is -2.71. The Morgan fingerprint density at radius 1 is 1.03 bits per heavy atom. The van der Waals surface area contributed by atoms with E-state index in [0.29, 0.717) is 17.7 Å². The Hall–Kier alpha value is -1.82. The van der Waals surface area contributed by atoms with Crippen LogP contribution in [0.1, 0.15) is 111 Å². The maximum atomic E-state index is 13.0. The summed E-state index contributed by atoms with van der Waals surface area (Å²) in [6.45, 7) is 16.8. The van der Waals surface area contributed by atoms with Crippen molar-refractivity contribution < 1.29 is 15.0 Å². The molecule has 210 valence electrons. The largest absolute Gasteiger partial charge is 0.481 e. The van der Waals surface area contributed by atoms with Crippen molar-refractivity contribution in [2.75, 3.05) is 12.3 Å². The van der Waals surface area contributed by atoms with Crippen molar-refractivity contribution in [3.8, 4) is 0 Å². The summed E-state index contributed by atoms with van der Waals surface area (Å²) in [6.07, 6.45) is 8.29. The summed E-state index contributed by atoms with van der Waals surface area (Å²) in [6, 6.07) is 0. The summed E-state index contributed by atoms with van der Waals surface area (Å²) in [5.41, 5.74) is 10.5. The van der Waals surface area contributed by atoms with Crippen molar-refractivity contribution in [3.05, 3.63) is 22.4 Å². The van der Waals surface area contributed by atoms with E-state index in [9.17, 15) is 15.0 Å². The number of nitrogens with two attached hydrogens (primary N) is 1. The second kappa shape index (κ2) is 7.67. The molecule has 0 saturated heterocycles. The quantitative estimate of drug-likeness (QED) is 0.342. The van der Waals surface area contributed by atoms with Crippen LogP contribution in [0.3, 0.4) is 0 Å². The molecule has 0 spiro atoms. The number of carboxylic acids is 1. The van der Waals surface area contributed by atoms with Gasteiger partial charge < -0.3 is 15.9 Å². The number of allylic oxidation sites excluding steroid dienone is 1. The van der Waals surface area contributed by atoms with Crippen molar-refractivity contribution in [2.45, 2.75) is 112 Å². The average Bonchev–Trinajstić information content (AvgIpc) is 3.19. The van der Waals surface area contributed by atoms with Crippen molar-refractivity contribution in [3.63, 3.8) is 0 Å². The topological polar surface area (TPSA) is 112 Å². The molecule has 5 aliphatic rings. The van der Waals surface area contributed by atoms with Crippen molar-refractivity contribution >= 4 is 11.8 Å². The second-order valence-electron chi connectivity index (χ2n) is 16.0. The lowest BCUT2D eigenvalue weighted by atomic mass is 9.33. The number of aliphatic hydroxyl groups is 1. The molecule has 0 radical (unpaired) electrons. The number of hydrogen-bond donors (Lipinski definition) is 4. The number of nitrogen functional groups attached to an aromatic ring is 1. The van der Waals surface area contributed by atoms with Crippen LogP contribution in [-0.2, 0) is 16.6 Å². The molecule has 0 aromatic carbocycles. The molecule has 0 aliphatic heterocycles. The number of aromatic nitrogens is 2. The molecule has 7 atom stereocenters. The standard InChI is InChI=1S/C32H49N3O3/c1-27(2)10-12-32(26(37)38)13-11-31(7)23(20(32)16-27)18(17-36)14-22-29(5)15-19-24(34-35-25(19)33)28(3,4)21(29)8-9-30(22,31)6/h20-22,36H,8-17H2,1-7H3,(H,37,38)(H3,33,34,35)/t20-,21-,22?,29-,30+,31+,32-/m0/s1. The summed E-state index contributed by atoms with van der Waals surface area (Å²) in [4.78, 5) is 13.0. The SMILES string of the molecule is CC1(C)CC[C@]2(C(=O)O)CC[C@]3(C)C(=C(CO)CC4[C@@]5(C)Cc6c(n[nH]c6N)C(C)(C)[C@@H]5CC[C@]43C)[C@@H]2C1. The molecular formula is C32H49N3O3. The summed E-state index contributed by atoms with van der Waals surface area (Å²) < 4.78 is 0. The van der Waals surface area contributed by atoms with Crippen LogP contribution >= 0.6 is 0 Å². The van der Waals surface area contributed by atoms with Crippen LogP contribution in [0.15, 0.2) is 11.1 Å². The predicted molar refractivity (Wildman–Crippen MR) is 149 cm³/mol. The van der Waals surface area contributed by atoms with E-state index >= 15 is 0 Å². The molecule has 3 fully saturated rings. The second-order valence-corrected chi connectivity index (χ2v) is 16.0. The summed E-state index contributed by atoms with van der Waals surface area (Å²) in [5, 5.41) is 29.4.